The molecule has 2 aromatic carbocycles. The summed E-state index contributed by atoms with van der Waals surface area (Å²) < 4.78 is 0.754. The van der Waals surface area contributed by atoms with Crippen LogP contribution in [-0.4, -0.2) is 22.3 Å². The van der Waals surface area contributed by atoms with Gasteiger partial charge in [-0.15, -0.1) is 11.3 Å². The Hall–Kier alpha value is -2.95. The third-order valence-electron chi connectivity index (χ3n) is 5.69. The van der Waals surface area contributed by atoms with Crippen molar-refractivity contribution in [2.75, 3.05) is 6.54 Å². The highest BCUT2D eigenvalue weighted by Crippen LogP contribution is 2.43. The van der Waals surface area contributed by atoms with Crippen LogP contribution in [0.3, 0.4) is 0 Å². The molecule has 0 fully saturated rings. The molecule has 0 N–H and O–H groups in total. The van der Waals surface area contributed by atoms with Crippen LogP contribution in [0.15, 0.2) is 79.5 Å². The van der Waals surface area contributed by atoms with Crippen molar-refractivity contribution in [2.45, 2.75) is 12.5 Å². The van der Waals surface area contributed by atoms with Gasteiger partial charge in [-0.05, 0) is 46.5 Å². The third kappa shape index (κ3) is 3.22. The fourth-order valence-electron chi connectivity index (χ4n) is 4.32. The monoisotopic (exact) mass is 430 g/mol. The molecule has 5 heteroatoms. The van der Waals surface area contributed by atoms with Crippen molar-refractivity contribution in [2.24, 2.45) is 0 Å². The van der Waals surface area contributed by atoms with Crippen LogP contribution in [0.2, 0.25) is 4.34 Å². The van der Waals surface area contributed by atoms with E-state index in [9.17, 15) is 4.79 Å². The van der Waals surface area contributed by atoms with Gasteiger partial charge >= 0.3 is 0 Å². The zero-order valence-corrected chi connectivity index (χ0v) is 17.8. The molecule has 4 aromatic rings. The molecular formula is C25H19ClN2OS. The van der Waals surface area contributed by atoms with Crippen LogP contribution in [0.5, 0.6) is 0 Å². The zero-order chi connectivity index (χ0) is 20.7. The van der Waals surface area contributed by atoms with Gasteiger partial charge in [0.15, 0.2) is 0 Å². The number of halogens is 1. The van der Waals surface area contributed by atoms with Crippen molar-refractivity contribution in [1.29, 1.82) is 0 Å². The Morgan fingerprint density at radius 2 is 1.90 bits per heavy atom. The average Bonchev–Trinajstić information content (AvgIpc) is 3.17. The zero-order valence-electron chi connectivity index (χ0n) is 16.2. The van der Waals surface area contributed by atoms with Gasteiger partial charge < -0.3 is 4.90 Å². The molecule has 0 radical (unpaired) electrons. The minimum Gasteiger partial charge on any atom is -0.333 e. The number of amides is 1. The Bertz CT molecular complexity index is 1270. The summed E-state index contributed by atoms with van der Waals surface area (Å²) in [6.45, 7) is 4.85. The number of para-hydroxylation sites is 1. The van der Waals surface area contributed by atoms with E-state index in [0.717, 1.165) is 31.2 Å². The first-order valence-corrected chi connectivity index (χ1v) is 11.0. The van der Waals surface area contributed by atoms with E-state index in [1.165, 1.54) is 17.2 Å². The van der Waals surface area contributed by atoms with Crippen LogP contribution in [0.4, 0.5) is 0 Å². The number of carbonyl (C=O) groups is 1. The van der Waals surface area contributed by atoms with E-state index in [4.69, 9.17) is 11.6 Å². The minimum absolute atomic E-state index is 0.0459. The molecule has 3 heterocycles. The Labute approximate surface area is 184 Å². The van der Waals surface area contributed by atoms with Crippen molar-refractivity contribution >= 4 is 39.7 Å². The summed E-state index contributed by atoms with van der Waals surface area (Å²) in [6, 6.07) is 20.7. The standard InChI is InChI=1S/C25H19ClN2OS/c1-2-25(29)28-14-21(20-13-24(26)30-23(20)15-28)17-8-4-3-7-16(17)18-11-12-27-22-10-6-5-9-19(18)22/h2-13,21H,1,14-15H2/t21-/m0/s1. The van der Waals surface area contributed by atoms with Gasteiger partial charge in [-0.25, -0.2) is 0 Å². The molecule has 0 bridgehead atoms. The van der Waals surface area contributed by atoms with Crippen molar-refractivity contribution in [3.05, 3.63) is 99.9 Å². The van der Waals surface area contributed by atoms with Crippen LogP contribution in [0.1, 0.15) is 21.9 Å². The Morgan fingerprint density at radius 3 is 2.77 bits per heavy atom. The van der Waals surface area contributed by atoms with Gasteiger partial charge in [-0.2, -0.15) is 0 Å². The van der Waals surface area contributed by atoms with Crippen molar-refractivity contribution in [3.63, 3.8) is 0 Å². The highest BCUT2D eigenvalue weighted by Gasteiger charge is 2.31. The number of benzene rings is 2. The lowest BCUT2D eigenvalue weighted by Crippen LogP contribution is -2.37. The molecule has 0 spiro atoms. The third-order valence-corrected chi connectivity index (χ3v) is 6.95. The highest BCUT2D eigenvalue weighted by molar-refractivity contribution is 7.16. The number of hydrogen-bond donors (Lipinski definition) is 0. The summed E-state index contributed by atoms with van der Waals surface area (Å²) >= 11 is 7.94. The highest BCUT2D eigenvalue weighted by atomic mass is 35.5. The van der Waals surface area contributed by atoms with Crippen LogP contribution in [0, 0.1) is 0 Å². The molecule has 1 atom stereocenters. The van der Waals surface area contributed by atoms with Crippen molar-refractivity contribution in [3.8, 4) is 11.1 Å². The summed E-state index contributed by atoms with van der Waals surface area (Å²) in [6.07, 6.45) is 3.25. The molecule has 0 saturated carbocycles. The van der Waals surface area contributed by atoms with E-state index in [-0.39, 0.29) is 11.8 Å². The quantitative estimate of drug-likeness (QED) is 0.358. The Kier molecular flexibility index (Phi) is 4.89. The van der Waals surface area contributed by atoms with Crippen molar-refractivity contribution < 1.29 is 4.79 Å². The fourth-order valence-corrected chi connectivity index (χ4v) is 5.68. The summed E-state index contributed by atoms with van der Waals surface area (Å²) in [4.78, 5) is 20.0. The van der Waals surface area contributed by atoms with E-state index in [1.54, 1.807) is 11.3 Å². The lowest BCUT2D eigenvalue weighted by atomic mass is 9.83. The van der Waals surface area contributed by atoms with Crippen LogP contribution < -0.4 is 0 Å². The first kappa shape index (κ1) is 19.0. The second-order valence-corrected chi connectivity index (χ2v) is 9.14. The lowest BCUT2D eigenvalue weighted by molar-refractivity contribution is -0.127. The summed E-state index contributed by atoms with van der Waals surface area (Å²) in [7, 11) is 0. The number of thiophene rings is 1. The molecule has 0 unspecified atom stereocenters. The first-order valence-electron chi connectivity index (χ1n) is 9.78. The number of pyridine rings is 1. The second-order valence-electron chi connectivity index (χ2n) is 7.37. The van der Waals surface area contributed by atoms with E-state index >= 15 is 0 Å². The molecule has 1 aliphatic heterocycles. The molecule has 0 aliphatic carbocycles. The number of rotatable bonds is 3. The number of nitrogens with zero attached hydrogens (tertiary/aromatic N) is 2. The lowest BCUT2D eigenvalue weighted by Gasteiger charge is -2.33. The summed E-state index contributed by atoms with van der Waals surface area (Å²) in [5.74, 6) is -0.00783. The molecular weight excluding hydrogens is 412 g/mol. The van der Waals surface area contributed by atoms with Gasteiger partial charge in [0, 0.05) is 28.9 Å². The molecule has 0 saturated heterocycles. The van der Waals surface area contributed by atoms with Crippen LogP contribution >= 0.6 is 22.9 Å². The molecule has 1 aliphatic rings. The molecule has 1 amide bonds. The topological polar surface area (TPSA) is 33.2 Å². The maximum atomic E-state index is 12.5. The molecule has 148 valence electrons. The van der Waals surface area contributed by atoms with E-state index in [0.29, 0.717) is 13.1 Å². The fraction of sp³-hybridized carbons (Fsp3) is 0.120. The van der Waals surface area contributed by atoms with E-state index < -0.39 is 0 Å². The molecule has 30 heavy (non-hydrogen) atoms. The maximum absolute atomic E-state index is 12.5. The largest absolute Gasteiger partial charge is 0.333 e. The van der Waals surface area contributed by atoms with Gasteiger partial charge in [0.1, 0.15) is 0 Å². The molecule has 3 nitrogen and oxygen atoms in total. The second kappa shape index (κ2) is 7.71. The summed E-state index contributed by atoms with van der Waals surface area (Å²) in [5, 5.41) is 1.12. The Morgan fingerprint density at radius 1 is 1.10 bits per heavy atom. The van der Waals surface area contributed by atoms with Gasteiger partial charge in [-0.3, -0.25) is 9.78 Å². The number of hydrogen-bond acceptors (Lipinski definition) is 3. The van der Waals surface area contributed by atoms with E-state index in [2.05, 4.69) is 54.0 Å². The summed E-state index contributed by atoms with van der Waals surface area (Å²) in [5.41, 5.74) is 5.67. The van der Waals surface area contributed by atoms with Gasteiger partial charge in [-0.1, -0.05) is 60.6 Å². The maximum Gasteiger partial charge on any atom is 0.246 e. The smallest absolute Gasteiger partial charge is 0.246 e. The van der Waals surface area contributed by atoms with E-state index in [1.807, 2.05) is 29.3 Å². The molecule has 5 rings (SSSR count). The average molecular weight is 431 g/mol. The van der Waals surface area contributed by atoms with Gasteiger partial charge in [0.05, 0.1) is 16.4 Å². The first-order chi connectivity index (χ1) is 14.7. The number of fused-ring (bicyclic) bond motifs is 2. The molecule has 2 aromatic heterocycles. The SMILES string of the molecule is C=CC(=O)N1Cc2sc(Cl)cc2[C@H](c2ccccc2-c2ccnc3ccccc23)C1. The van der Waals surface area contributed by atoms with Gasteiger partial charge in [0.25, 0.3) is 0 Å². The predicted molar refractivity (Wildman–Crippen MR) is 124 cm³/mol. The number of carbonyl (C=O) groups excluding carboxylic acids is 1. The Balaban J connectivity index is 1.70. The predicted octanol–water partition coefficient (Wildman–Crippen LogP) is 6.28. The normalized spacial score (nSPS) is 15.8. The minimum atomic E-state index is -0.0537. The van der Waals surface area contributed by atoms with Crippen LogP contribution in [-0.2, 0) is 11.3 Å². The van der Waals surface area contributed by atoms with Crippen LogP contribution in [0.25, 0.3) is 22.0 Å². The van der Waals surface area contributed by atoms with Crippen molar-refractivity contribution in [1.82, 2.24) is 9.88 Å². The number of aromatic nitrogens is 1. The van der Waals surface area contributed by atoms with Gasteiger partial charge in [0.2, 0.25) is 5.91 Å².